The first-order chi connectivity index (χ1) is 9.58. The molecule has 0 aliphatic carbocycles. The summed E-state index contributed by atoms with van der Waals surface area (Å²) < 4.78 is 3.75. The molecule has 0 bridgehead atoms. The Morgan fingerprint density at radius 1 is 1.50 bits per heavy atom. The summed E-state index contributed by atoms with van der Waals surface area (Å²) in [5.41, 5.74) is 0.919. The van der Waals surface area contributed by atoms with E-state index in [-0.39, 0.29) is 5.56 Å². The first-order valence-corrected chi connectivity index (χ1v) is 7.54. The highest BCUT2D eigenvalue weighted by atomic mass is 32.1. The van der Waals surface area contributed by atoms with E-state index in [4.69, 9.17) is 12.2 Å². The van der Waals surface area contributed by atoms with Gasteiger partial charge in [0.25, 0.3) is 5.56 Å². The third kappa shape index (κ3) is 2.23. The topological polar surface area (TPSA) is 55.6 Å². The van der Waals surface area contributed by atoms with E-state index in [0.717, 1.165) is 16.8 Å². The molecule has 3 heterocycles. The quantitative estimate of drug-likeness (QED) is 0.756. The van der Waals surface area contributed by atoms with Crippen molar-refractivity contribution in [2.24, 2.45) is 7.05 Å². The lowest BCUT2D eigenvalue weighted by molar-refractivity contribution is 0.731. The molecule has 0 fully saturated rings. The maximum absolute atomic E-state index is 12.5. The minimum absolute atomic E-state index is 0.0384. The van der Waals surface area contributed by atoms with Crippen molar-refractivity contribution in [2.45, 2.75) is 19.9 Å². The minimum atomic E-state index is -0.0384. The number of aromatic amines is 1. The Labute approximate surface area is 124 Å². The number of aryl methyl sites for hydroxylation is 2. The highest BCUT2D eigenvalue weighted by molar-refractivity contribution is 7.71. The average Bonchev–Trinajstić information content (AvgIpc) is 3.00. The van der Waals surface area contributed by atoms with Crippen LogP contribution in [0.3, 0.4) is 0 Å². The number of nitrogens with one attached hydrogen (secondary N) is 1. The second kappa shape index (κ2) is 4.99. The number of fused-ring (bicyclic) bond motifs is 1. The molecule has 20 heavy (non-hydrogen) atoms. The lowest BCUT2D eigenvalue weighted by Gasteiger charge is -2.04. The van der Waals surface area contributed by atoms with Gasteiger partial charge in [-0.25, -0.2) is 0 Å². The molecule has 0 aliphatic heterocycles. The van der Waals surface area contributed by atoms with Crippen LogP contribution in [0, 0.1) is 4.77 Å². The van der Waals surface area contributed by atoms with Crippen molar-refractivity contribution >= 4 is 33.8 Å². The van der Waals surface area contributed by atoms with Gasteiger partial charge in [0, 0.05) is 23.7 Å². The van der Waals surface area contributed by atoms with Crippen LogP contribution in [-0.2, 0) is 20.0 Å². The third-order valence-electron chi connectivity index (χ3n) is 3.17. The Morgan fingerprint density at radius 2 is 2.30 bits per heavy atom. The van der Waals surface area contributed by atoms with Crippen LogP contribution in [0.25, 0.3) is 10.2 Å². The highest BCUT2D eigenvalue weighted by Gasteiger charge is 2.10. The fraction of sp³-hybridized carbons (Fsp3) is 0.308. The summed E-state index contributed by atoms with van der Waals surface area (Å²) in [4.78, 5) is 17.7. The van der Waals surface area contributed by atoms with E-state index in [9.17, 15) is 4.79 Å². The number of H-pyrrole nitrogens is 1. The van der Waals surface area contributed by atoms with Crippen LogP contribution >= 0.6 is 23.6 Å². The van der Waals surface area contributed by atoms with Crippen LogP contribution in [0.5, 0.6) is 0 Å². The van der Waals surface area contributed by atoms with Gasteiger partial charge in [-0.15, -0.1) is 11.3 Å². The SMILES string of the molecule is CCc1cc2c(=O)n(Cc3cnn(C)c3)c(=S)[nH]c2s1. The van der Waals surface area contributed by atoms with E-state index >= 15 is 0 Å². The molecule has 0 unspecified atom stereocenters. The van der Waals surface area contributed by atoms with E-state index < -0.39 is 0 Å². The van der Waals surface area contributed by atoms with Crippen LogP contribution in [0.1, 0.15) is 17.4 Å². The van der Waals surface area contributed by atoms with E-state index in [1.807, 2.05) is 19.3 Å². The molecule has 3 rings (SSSR count). The maximum atomic E-state index is 12.5. The zero-order chi connectivity index (χ0) is 14.3. The fourth-order valence-corrected chi connectivity index (χ4v) is 3.45. The van der Waals surface area contributed by atoms with Crippen LogP contribution in [0.2, 0.25) is 0 Å². The zero-order valence-electron chi connectivity index (χ0n) is 11.2. The summed E-state index contributed by atoms with van der Waals surface area (Å²) >= 11 is 6.90. The first kappa shape index (κ1) is 13.3. The minimum Gasteiger partial charge on any atom is -0.323 e. The Bertz CT molecular complexity index is 884. The van der Waals surface area contributed by atoms with Gasteiger partial charge in [-0.2, -0.15) is 5.10 Å². The number of aromatic nitrogens is 4. The lowest BCUT2D eigenvalue weighted by Crippen LogP contribution is -2.21. The van der Waals surface area contributed by atoms with Crippen molar-refractivity contribution in [2.75, 3.05) is 0 Å². The molecular formula is C13H14N4OS2. The Kier molecular flexibility index (Phi) is 3.31. The lowest BCUT2D eigenvalue weighted by atomic mass is 10.3. The van der Waals surface area contributed by atoms with Gasteiger partial charge in [-0.1, -0.05) is 6.92 Å². The molecule has 0 saturated heterocycles. The molecule has 0 radical (unpaired) electrons. The van der Waals surface area contributed by atoms with Crippen molar-refractivity contribution < 1.29 is 0 Å². The average molecular weight is 306 g/mol. The highest BCUT2D eigenvalue weighted by Crippen LogP contribution is 2.21. The number of hydrogen-bond donors (Lipinski definition) is 1. The second-order valence-corrected chi connectivity index (χ2v) is 6.18. The monoisotopic (exact) mass is 306 g/mol. The number of rotatable bonds is 3. The Hall–Kier alpha value is -1.73. The van der Waals surface area contributed by atoms with Crippen LogP contribution in [0.4, 0.5) is 0 Å². The number of hydrogen-bond acceptors (Lipinski definition) is 4. The first-order valence-electron chi connectivity index (χ1n) is 6.31. The molecule has 104 valence electrons. The zero-order valence-corrected chi connectivity index (χ0v) is 12.8. The molecule has 3 aromatic heterocycles. The predicted molar refractivity (Wildman–Crippen MR) is 83.0 cm³/mol. The molecular weight excluding hydrogens is 292 g/mol. The Morgan fingerprint density at radius 3 is 2.95 bits per heavy atom. The summed E-state index contributed by atoms with van der Waals surface area (Å²) in [6, 6.07) is 1.95. The van der Waals surface area contributed by atoms with Gasteiger partial charge in [-0.05, 0) is 24.7 Å². The maximum Gasteiger partial charge on any atom is 0.263 e. The van der Waals surface area contributed by atoms with Gasteiger partial charge in [-0.3, -0.25) is 14.0 Å². The van der Waals surface area contributed by atoms with Gasteiger partial charge in [0.1, 0.15) is 4.83 Å². The largest absolute Gasteiger partial charge is 0.323 e. The van der Waals surface area contributed by atoms with Gasteiger partial charge in [0.15, 0.2) is 4.77 Å². The molecule has 0 aromatic carbocycles. The van der Waals surface area contributed by atoms with Crippen LogP contribution < -0.4 is 5.56 Å². The summed E-state index contributed by atoms with van der Waals surface area (Å²) in [6.07, 6.45) is 4.55. The smallest absolute Gasteiger partial charge is 0.263 e. The van der Waals surface area contributed by atoms with Gasteiger partial charge in [0.05, 0.1) is 18.1 Å². The molecule has 0 aliphatic rings. The molecule has 0 spiro atoms. The summed E-state index contributed by atoms with van der Waals surface area (Å²) in [5, 5.41) is 4.82. The summed E-state index contributed by atoms with van der Waals surface area (Å²) in [5.74, 6) is 0. The normalized spacial score (nSPS) is 11.3. The van der Waals surface area contributed by atoms with Crippen molar-refractivity contribution in [1.82, 2.24) is 19.3 Å². The third-order valence-corrected chi connectivity index (χ3v) is 4.69. The van der Waals surface area contributed by atoms with Gasteiger partial charge >= 0.3 is 0 Å². The second-order valence-electron chi connectivity index (χ2n) is 4.65. The molecule has 0 atom stereocenters. The van der Waals surface area contributed by atoms with Gasteiger partial charge < -0.3 is 4.98 Å². The molecule has 7 heteroatoms. The van der Waals surface area contributed by atoms with Crippen LogP contribution in [0.15, 0.2) is 23.3 Å². The summed E-state index contributed by atoms with van der Waals surface area (Å²) in [7, 11) is 1.85. The summed E-state index contributed by atoms with van der Waals surface area (Å²) in [6.45, 7) is 2.52. The van der Waals surface area contributed by atoms with E-state index in [2.05, 4.69) is 17.0 Å². The molecule has 1 N–H and O–H groups in total. The fourth-order valence-electron chi connectivity index (χ4n) is 2.15. The molecule has 3 aromatic rings. The van der Waals surface area contributed by atoms with E-state index in [1.165, 1.54) is 4.88 Å². The van der Waals surface area contributed by atoms with E-state index in [1.54, 1.807) is 26.8 Å². The standard InChI is InChI=1S/C13H14N4OS2/c1-3-9-4-10-11(20-9)15-13(19)17(12(10)18)7-8-5-14-16(2)6-8/h4-6H,3,7H2,1-2H3,(H,15,19). The molecule has 0 amide bonds. The molecule has 5 nitrogen and oxygen atoms in total. The number of nitrogens with zero attached hydrogens (tertiary/aromatic N) is 3. The number of thiophene rings is 1. The van der Waals surface area contributed by atoms with Crippen LogP contribution in [-0.4, -0.2) is 19.3 Å². The van der Waals surface area contributed by atoms with Crippen molar-refractivity contribution in [1.29, 1.82) is 0 Å². The van der Waals surface area contributed by atoms with Crippen molar-refractivity contribution in [3.05, 3.63) is 44.0 Å². The van der Waals surface area contributed by atoms with Crippen molar-refractivity contribution in [3.8, 4) is 0 Å². The Balaban J connectivity index is 2.15. The van der Waals surface area contributed by atoms with Crippen molar-refractivity contribution in [3.63, 3.8) is 0 Å². The van der Waals surface area contributed by atoms with E-state index in [0.29, 0.717) is 16.7 Å². The predicted octanol–water partition coefficient (Wildman–Crippen LogP) is 2.46. The molecule has 0 saturated carbocycles. The van der Waals surface area contributed by atoms with Gasteiger partial charge in [0.2, 0.25) is 0 Å².